The number of nitrogens with one attached hydrogen (secondary N) is 1. The molecule has 0 aliphatic carbocycles. The summed E-state index contributed by atoms with van der Waals surface area (Å²) >= 11 is 5.04. The second kappa shape index (κ2) is 4.83. The summed E-state index contributed by atoms with van der Waals surface area (Å²) in [6, 6.07) is 6.14. The van der Waals surface area contributed by atoms with Crippen molar-refractivity contribution >= 4 is 27.7 Å². The van der Waals surface area contributed by atoms with Gasteiger partial charge in [0.15, 0.2) is 5.16 Å². The van der Waals surface area contributed by atoms with Gasteiger partial charge >= 0.3 is 0 Å². The second-order valence-electron chi connectivity index (χ2n) is 3.00. The second-order valence-corrected chi connectivity index (χ2v) is 4.97. The number of hydrogen-bond donors (Lipinski definition) is 2. The van der Waals surface area contributed by atoms with Gasteiger partial charge in [0.1, 0.15) is 0 Å². The summed E-state index contributed by atoms with van der Waals surface area (Å²) in [5.74, 6) is 0. The summed E-state index contributed by atoms with van der Waals surface area (Å²) < 4.78 is 1.04. The SMILES string of the molecule is NCc1cc(Br)cc(Sc2ncc[nH]2)c1. The van der Waals surface area contributed by atoms with Crippen LogP contribution < -0.4 is 5.73 Å². The Morgan fingerprint density at radius 2 is 2.27 bits per heavy atom. The molecule has 78 valence electrons. The number of aromatic amines is 1. The first kappa shape index (κ1) is 10.7. The molecule has 1 aromatic carbocycles. The van der Waals surface area contributed by atoms with E-state index < -0.39 is 0 Å². The number of imidazole rings is 1. The minimum absolute atomic E-state index is 0.547. The Kier molecular flexibility index (Phi) is 3.45. The van der Waals surface area contributed by atoms with E-state index in [2.05, 4.69) is 32.0 Å². The van der Waals surface area contributed by atoms with Crippen molar-refractivity contribution in [2.75, 3.05) is 0 Å². The van der Waals surface area contributed by atoms with Crippen LogP contribution in [-0.4, -0.2) is 9.97 Å². The van der Waals surface area contributed by atoms with E-state index in [0.29, 0.717) is 6.54 Å². The minimum Gasteiger partial charge on any atom is -0.339 e. The van der Waals surface area contributed by atoms with Crippen LogP contribution in [-0.2, 0) is 6.54 Å². The van der Waals surface area contributed by atoms with Gasteiger partial charge in [0.05, 0.1) is 0 Å². The van der Waals surface area contributed by atoms with Gasteiger partial charge < -0.3 is 10.7 Å². The summed E-state index contributed by atoms with van der Waals surface area (Å²) in [5.41, 5.74) is 6.72. The van der Waals surface area contributed by atoms with Gasteiger partial charge in [0, 0.05) is 28.3 Å². The maximum Gasteiger partial charge on any atom is 0.170 e. The highest BCUT2D eigenvalue weighted by atomic mass is 79.9. The summed E-state index contributed by atoms with van der Waals surface area (Å²) in [6.45, 7) is 0.547. The molecule has 0 saturated heterocycles. The first-order chi connectivity index (χ1) is 7.28. The molecule has 2 aromatic rings. The fourth-order valence-electron chi connectivity index (χ4n) is 1.22. The van der Waals surface area contributed by atoms with Crippen molar-refractivity contribution in [2.45, 2.75) is 16.6 Å². The van der Waals surface area contributed by atoms with E-state index in [4.69, 9.17) is 5.73 Å². The van der Waals surface area contributed by atoms with Crippen molar-refractivity contribution in [2.24, 2.45) is 5.73 Å². The molecular weight excluding hydrogens is 274 g/mol. The number of nitrogens with two attached hydrogens (primary N) is 1. The first-order valence-corrected chi connectivity index (χ1v) is 6.05. The van der Waals surface area contributed by atoms with Gasteiger partial charge in [-0.1, -0.05) is 27.7 Å². The third kappa shape index (κ3) is 2.84. The zero-order valence-electron chi connectivity index (χ0n) is 7.90. The molecule has 15 heavy (non-hydrogen) atoms. The Bertz CT molecular complexity index is 442. The molecule has 0 aliphatic heterocycles. The van der Waals surface area contributed by atoms with Crippen LogP contribution in [0.15, 0.2) is 45.1 Å². The molecule has 3 N–H and O–H groups in total. The largest absolute Gasteiger partial charge is 0.339 e. The standard InChI is InChI=1S/C10H10BrN3S/c11-8-3-7(6-12)4-9(5-8)15-10-13-1-2-14-10/h1-5H,6,12H2,(H,13,14). The van der Waals surface area contributed by atoms with Crippen LogP contribution >= 0.6 is 27.7 Å². The summed E-state index contributed by atoms with van der Waals surface area (Å²) in [4.78, 5) is 8.33. The van der Waals surface area contributed by atoms with Crippen molar-refractivity contribution in [3.8, 4) is 0 Å². The predicted molar refractivity (Wildman–Crippen MR) is 64.7 cm³/mol. The van der Waals surface area contributed by atoms with E-state index in [1.807, 2.05) is 18.3 Å². The van der Waals surface area contributed by atoms with Crippen molar-refractivity contribution in [1.82, 2.24) is 9.97 Å². The molecule has 0 aliphatic rings. The lowest BCUT2D eigenvalue weighted by Crippen LogP contribution is -1.96. The van der Waals surface area contributed by atoms with Crippen LogP contribution in [0.25, 0.3) is 0 Å². The molecular formula is C10H10BrN3S. The molecule has 0 bridgehead atoms. The molecule has 1 aromatic heterocycles. The van der Waals surface area contributed by atoms with E-state index in [1.165, 1.54) is 0 Å². The van der Waals surface area contributed by atoms with Crippen molar-refractivity contribution in [1.29, 1.82) is 0 Å². The summed E-state index contributed by atoms with van der Waals surface area (Å²) in [7, 11) is 0. The molecule has 0 spiro atoms. The monoisotopic (exact) mass is 283 g/mol. The van der Waals surface area contributed by atoms with E-state index in [0.717, 1.165) is 20.1 Å². The van der Waals surface area contributed by atoms with Gasteiger partial charge in [-0.3, -0.25) is 0 Å². The number of aromatic nitrogens is 2. The fraction of sp³-hybridized carbons (Fsp3) is 0.100. The van der Waals surface area contributed by atoms with E-state index >= 15 is 0 Å². The molecule has 0 unspecified atom stereocenters. The highest BCUT2D eigenvalue weighted by Gasteiger charge is 2.02. The lowest BCUT2D eigenvalue weighted by Gasteiger charge is -2.03. The Hall–Kier alpha value is -0.780. The maximum atomic E-state index is 5.61. The molecule has 3 nitrogen and oxygen atoms in total. The van der Waals surface area contributed by atoms with Crippen molar-refractivity contribution in [3.05, 3.63) is 40.6 Å². The predicted octanol–water partition coefficient (Wildman–Crippen LogP) is 2.78. The molecule has 0 atom stereocenters. The molecule has 1 heterocycles. The van der Waals surface area contributed by atoms with Gasteiger partial charge in [-0.2, -0.15) is 0 Å². The molecule has 0 radical (unpaired) electrons. The van der Waals surface area contributed by atoms with Gasteiger partial charge in [0.2, 0.25) is 0 Å². The van der Waals surface area contributed by atoms with Crippen LogP contribution in [0.5, 0.6) is 0 Å². The van der Waals surface area contributed by atoms with Gasteiger partial charge in [0.25, 0.3) is 0 Å². The van der Waals surface area contributed by atoms with Crippen LogP contribution in [0.2, 0.25) is 0 Å². The van der Waals surface area contributed by atoms with E-state index in [1.54, 1.807) is 18.0 Å². The lowest BCUT2D eigenvalue weighted by molar-refractivity contribution is 1.04. The van der Waals surface area contributed by atoms with Crippen LogP contribution in [0.4, 0.5) is 0 Å². The zero-order chi connectivity index (χ0) is 10.7. The topological polar surface area (TPSA) is 54.7 Å². The van der Waals surface area contributed by atoms with E-state index in [9.17, 15) is 0 Å². The fourth-order valence-corrected chi connectivity index (χ4v) is 2.77. The first-order valence-electron chi connectivity index (χ1n) is 4.44. The third-order valence-corrected chi connectivity index (χ3v) is 3.20. The van der Waals surface area contributed by atoms with Crippen molar-refractivity contribution < 1.29 is 0 Å². The highest BCUT2D eigenvalue weighted by Crippen LogP contribution is 2.28. The summed E-state index contributed by atoms with van der Waals surface area (Å²) in [6.07, 6.45) is 3.55. The Balaban J connectivity index is 2.24. The van der Waals surface area contributed by atoms with Gasteiger partial charge in [-0.15, -0.1) is 0 Å². The number of hydrogen-bond acceptors (Lipinski definition) is 3. The van der Waals surface area contributed by atoms with Crippen LogP contribution in [0, 0.1) is 0 Å². The summed E-state index contributed by atoms with van der Waals surface area (Å²) in [5, 5.41) is 0.885. The zero-order valence-corrected chi connectivity index (χ0v) is 10.3. The maximum absolute atomic E-state index is 5.61. The minimum atomic E-state index is 0.547. The van der Waals surface area contributed by atoms with Gasteiger partial charge in [-0.25, -0.2) is 4.98 Å². The molecule has 0 saturated carbocycles. The normalized spacial score (nSPS) is 10.5. The Labute approximate surface area is 101 Å². The number of H-pyrrole nitrogens is 1. The van der Waals surface area contributed by atoms with Crippen LogP contribution in [0.3, 0.4) is 0 Å². The Morgan fingerprint density at radius 3 is 2.93 bits per heavy atom. The highest BCUT2D eigenvalue weighted by molar-refractivity contribution is 9.10. The van der Waals surface area contributed by atoms with Crippen molar-refractivity contribution in [3.63, 3.8) is 0 Å². The Morgan fingerprint density at radius 1 is 1.40 bits per heavy atom. The van der Waals surface area contributed by atoms with E-state index in [-0.39, 0.29) is 0 Å². The molecule has 0 fully saturated rings. The smallest absolute Gasteiger partial charge is 0.170 e. The third-order valence-electron chi connectivity index (χ3n) is 1.85. The van der Waals surface area contributed by atoms with Gasteiger partial charge in [-0.05, 0) is 23.8 Å². The average molecular weight is 284 g/mol. The number of nitrogens with zero attached hydrogens (tertiary/aromatic N) is 1. The molecule has 0 amide bonds. The average Bonchev–Trinajstić information content (AvgIpc) is 2.69. The quantitative estimate of drug-likeness (QED) is 0.911. The molecule has 5 heteroatoms. The van der Waals surface area contributed by atoms with Crippen LogP contribution in [0.1, 0.15) is 5.56 Å². The molecule has 2 rings (SSSR count). The number of rotatable bonds is 3. The lowest BCUT2D eigenvalue weighted by atomic mass is 10.2. The number of halogens is 1. The number of benzene rings is 1.